The summed E-state index contributed by atoms with van der Waals surface area (Å²) < 4.78 is 26.7. The smallest absolute Gasteiger partial charge is 0.346 e. The lowest BCUT2D eigenvalue weighted by molar-refractivity contribution is 0.0701. The molecule has 0 bridgehead atoms. The molecule has 1 aromatic carbocycles. The summed E-state index contributed by atoms with van der Waals surface area (Å²) in [6.45, 7) is 3.66. The van der Waals surface area contributed by atoms with E-state index in [-0.39, 0.29) is 10.8 Å². The van der Waals surface area contributed by atoms with Crippen LogP contribution in [0.5, 0.6) is 0 Å². The van der Waals surface area contributed by atoms with Gasteiger partial charge in [-0.05, 0) is 29.0 Å². The molecule has 0 saturated heterocycles. The van der Waals surface area contributed by atoms with Crippen LogP contribution in [0.15, 0.2) is 12.1 Å². The molecule has 0 spiro atoms. The number of halogens is 2. The van der Waals surface area contributed by atoms with Crippen LogP contribution in [0.3, 0.4) is 0 Å². The van der Waals surface area contributed by atoms with Crippen LogP contribution in [-0.2, 0) is 0 Å². The first-order valence-electron chi connectivity index (χ1n) is 5.06. The third kappa shape index (κ3) is 1.91. The summed E-state index contributed by atoms with van der Waals surface area (Å²) in [6.07, 6.45) is 0. The van der Waals surface area contributed by atoms with Crippen molar-refractivity contribution in [3.8, 4) is 0 Å². The van der Waals surface area contributed by atoms with Gasteiger partial charge in [0.15, 0.2) is 11.6 Å². The molecule has 2 rings (SSSR count). The van der Waals surface area contributed by atoms with Crippen LogP contribution in [0.4, 0.5) is 8.78 Å². The molecule has 17 heavy (non-hydrogen) atoms. The summed E-state index contributed by atoms with van der Waals surface area (Å²) >= 11 is 0.977. The minimum absolute atomic E-state index is 0.0558. The molecular formula is C12H10F2O2S. The topological polar surface area (TPSA) is 37.3 Å². The maximum atomic E-state index is 13.2. The first-order chi connectivity index (χ1) is 7.91. The van der Waals surface area contributed by atoms with Crippen LogP contribution >= 0.6 is 11.3 Å². The molecule has 1 N–H and O–H groups in total. The van der Waals surface area contributed by atoms with Gasteiger partial charge in [-0.25, -0.2) is 13.6 Å². The molecule has 0 aliphatic carbocycles. The zero-order chi connectivity index (χ0) is 12.7. The average molecular weight is 256 g/mol. The van der Waals surface area contributed by atoms with Gasteiger partial charge in [0, 0.05) is 4.70 Å². The molecule has 0 radical (unpaired) electrons. The van der Waals surface area contributed by atoms with Crippen molar-refractivity contribution in [1.29, 1.82) is 0 Å². The molecular weight excluding hydrogens is 246 g/mol. The van der Waals surface area contributed by atoms with E-state index in [0.29, 0.717) is 15.6 Å². The lowest BCUT2D eigenvalue weighted by Crippen LogP contribution is -1.99. The van der Waals surface area contributed by atoms with Crippen LogP contribution < -0.4 is 0 Å². The maximum Gasteiger partial charge on any atom is 0.346 e. The standard InChI is InChI=1S/C12H10F2O2S/c1-5(2)10-6-3-7(13)8(14)4-9(6)17-11(10)12(15)16/h3-5H,1-2H3,(H,15,16). The number of benzene rings is 1. The van der Waals surface area contributed by atoms with Gasteiger partial charge in [0.2, 0.25) is 0 Å². The Hall–Kier alpha value is -1.49. The molecule has 0 aliphatic rings. The van der Waals surface area contributed by atoms with Crippen LogP contribution in [0.25, 0.3) is 10.1 Å². The van der Waals surface area contributed by atoms with Gasteiger partial charge in [0.25, 0.3) is 0 Å². The summed E-state index contributed by atoms with van der Waals surface area (Å²) in [4.78, 5) is 11.2. The minimum atomic E-state index is -1.06. The highest BCUT2D eigenvalue weighted by molar-refractivity contribution is 7.21. The van der Waals surface area contributed by atoms with Gasteiger partial charge in [0.1, 0.15) is 4.88 Å². The van der Waals surface area contributed by atoms with Gasteiger partial charge < -0.3 is 5.11 Å². The Morgan fingerprint density at radius 2 is 1.88 bits per heavy atom. The van der Waals surface area contributed by atoms with E-state index in [9.17, 15) is 13.6 Å². The highest BCUT2D eigenvalue weighted by Crippen LogP contribution is 2.37. The summed E-state index contributed by atoms with van der Waals surface area (Å²) in [7, 11) is 0. The molecule has 5 heteroatoms. The number of rotatable bonds is 2. The van der Waals surface area contributed by atoms with E-state index >= 15 is 0 Å². The Morgan fingerprint density at radius 1 is 1.29 bits per heavy atom. The molecule has 0 unspecified atom stereocenters. The van der Waals surface area contributed by atoms with Crippen molar-refractivity contribution in [2.45, 2.75) is 19.8 Å². The van der Waals surface area contributed by atoms with E-state index < -0.39 is 17.6 Å². The summed E-state index contributed by atoms with van der Waals surface area (Å²) in [5, 5.41) is 9.56. The number of fused-ring (bicyclic) bond motifs is 1. The third-order valence-corrected chi connectivity index (χ3v) is 3.70. The van der Waals surface area contributed by atoms with E-state index in [1.54, 1.807) is 0 Å². The summed E-state index contributed by atoms with van der Waals surface area (Å²) in [6, 6.07) is 2.12. The fraction of sp³-hybridized carbons (Fsp3) is 0.250. The second kappa shape index (κ2) is 4.07. The molecule has 0 saturated carbocycles. The molecule has 0 aliphatic heterocycles. The Labute approximate surface area is 101 Å². The molecule has 1 aromatic heterocycles. The van der Waals surface area contributed by atoms with Crippen molar-refractivity contribution in [3.63, 3.8) is 0 Å². The number of carbonyl (C=O) groups is 1. The zero-order valence-electron chi connectivity index (χ0n) is 9.25. The Bertz CT molecular complexity index is 602. The predicted molar refractivity (Wildman–Crippen MR) is 62.8 cm³/mol. The third-order valence-electron chi connectivity index (χ3n) is 2.54. The average Bonchev–Trinajstić information content (AvgIpc) is 2.57. The molecule has 2 aromatic rings. The number of hydrogen-bond acceptors (Lipinski definition) is 2. The number of carboxylic acid groups (broad SMARTS) is 1. The number of hydrogen-bond donors (Lipinski definition) is 1. The van der Waals surface area contributed by atoms with Crippen molar-refractivity contribution < 1.29 is 18.7 Å². The molecule has 0 amide bonds. The zero-order valence-corrected chi connectivity index (χ0v) is 10.1. The fourth-order valence-corrected chi connectivity index (χ4v) is 3.05. The van der Waals surface area contributed by atoms with E-state index in [2.05, 4.69) is 0 Å². The number of thiophene rings is 1. The molecule has 90 valence electrons. The van der Waals surface area contributed by atoms with Crippen LogP contribution in [0.1, 0.15) is 35.0 Å². The van der Waals surface area contributed by atoms with Gasteiger partial charge in [-0.2, -0.15) is 0 Å². The maximum absolute atomic E-state index is 13.2. The number of aromatic carboxylic acids is 1. The van der Waals surface area contributed by atoms with Gasteiger partial charge in [-0.1, -0.05) is 13.8 Å². The summed E-state index contributed by atoms with van der Waals surface area (Å²) in [5.41, 5.74) is 0.566. The van der Waals surface area contributed by atoms with Crippen molar-refractivity contribution in [2.24, 2.45) is 0 Å². The molecule has 2 nitrogen and oxygen atoms in total. The van der Waals surface area contributed by atoms with E-state index in [1.807, 2.05) is 13.8 Å². The first kappa shape index (κ1) is 12.0. The Morgan fingerprint density at radius 3 is 2.41 bits per heavy atom. The highest BCUT2D eigenvalue weighted by atomic mass is 32.1. The van der Waals surface area contributed by atoms with Crippen molar-refractivity contribution >= 4 is 27.4 Å². The van der Waals surface area contributed by atoms with Crippen LogP contribution in [-0.4, -0.2) is 11.1 Å². The summed E-state index contributed by atoms with van der Waals surface area (Å²) in [5.74, 6) is -3.02. The first-order valence-corrected chi connectivity index (χ1v) is 5.88. The predicted octanol–water partition coefficient (Wildman–Crippen LogP) is 4.00. The molecule has 1 heterocycles. The van der Waals surface area contributed by atoms with Crippen molar-refractivity contribution in [3.05, 3.63) is 34.2 Å². The van der Waals surface area contributed by atoms with E-state index in [1.165, 1.54) is 0 Å². The Balaban J connectivity index is 2.85. The van der Waals surface area contributed by atoms with Gasteiger partial charge >= 0.3 is 5.97 Å². The molecule has 0 fully saturated rings. The SMILES string of the molecule is CC(C)c1c(C(=O)O)sc2cc(F)c(F)cc12. The minimum Gasteiger partial charge on any atom is -0.477 e. The normalized spacial score (nSPS) is 11.4. The largest absolute Gasteiger partial charge is 0.477 e. The van der Waals surface area contributed by atoms with Crippen LogP contribution in [0, 0.1) is 11.6 Å². The fourth-order valence-electron chi connectivity index (χ4n) is 1.84. The second-order valence-electron chi connectivity index (χ2n) is 4.07. The van der Waals surface area contributed by atoms with Crippen LogP contribution in [0.2, 0.25) is 0 Å². The highest BCUT2D eigenvalue weighted by Gasteiger charge is 2.21. The van der Waals surface area contributed by atoms with E-state index in [4.69, 9.17) is 5.11 Å². The van der Waals surface area contributed by atoms with Gasteiger partial charge in [-0.15, -0.1) is 11.3 Å². The molecule has 0 atom stereocenters. The monoisotopic (exact) mass is 256 g/mol. The quantitative estimate of drug-likeness (QED) is 0.881. The van der Waals surface area contributed by atoms with E-state index in [0.717, 1.165) is 23.5 Å². The van der Waals surface area contributed by atoms with Gasteiger partial charge in [-0.3, -0.25) is 0 Å². The van der Waals surface area contributed by atoms with Crippen molar-refractivity contribution in [2.75, 3.05) is 0 Å². The number of carboxylic acids is 1. The lowest BCUT2D eigenvalue weighted by Gasteiger charge is -2.05. The second-order valence-corrected chi connectivity index (χ2v) is 5.12. The van der Waals surface area contributed by atoms with Gasteiger partial charge in [0.05, 0.1) is 0 Å². The lowest BCUT2D eigenvalue weighted by atomic mass is 9.99. The Kier molecular flexibility index (Phi) is 2.87. The van der Waals surface area contributed by atoms with Crippen molar-refractivity contribution in [1.82, 2.24) is 0 Å².